The van der Waals surface area contributed by atoms with E-state index in [9.17, 15) is 4.79 Å². The van der Waals surface area contributed by atoms with E-state index in [2.05, 4.69) is 33.8 Å². The van der Waals surface area contributed by atoms with E-state index in [4.69, 9.17) is 4.42 Å². The smallest absolute Gasteiger partial charge is 0.336 e. The van der Waals surface area contributed by atoms with Crippen LogP contribution in [-0.4, -0.2) is 0 Å². The molecule has 0 aliphatic carbocycles. The predicted octanol–water partition coefficient (Wildman–Crippen LogP) is 3.40. The molecule has 0 saturated heterocycles. The molecule has 0 aliphatic rings. The molecule has 0 saturated carbocycles. The van der Waals surface area contributed by atoms with Crippen LogP contribution in [0.5, 0.6) is 0 Å². The first-order chi connectivity index (χ1) is 7.38. The lowest BCUT2D eigenvalue weighted by Crippen LogP contribution is -2.13. The fraction of sp³-hybridized carbons (Fsp3) is 0.357. The number of benzene rings is 1. The predicted molar refractivity (Wildman–Crippen MR) is 65.9 cm³/mol. The Labute approximate surface area is 94.9 Å². The first kappa shape index (κ1) is 10.9. The molecule has 0 N–H and O–H groups in total. The van der Waals surface area contributed by atoms with Crippen LogP contribution in [0, 0.1) is 6.92 Å². The van der Waals surface area contributed by atoms with Crippen molar-refractivity contribution in [1.82, 2.24) is 0 Å². The number of hydrogen-bond donors (Lipinski definition) is 0. The molecular formula is C14H16O2. The quantitative estimate of drug-likeness (QED) is 0.632. The zero-order chi connectivity index (χ0) is 11.9. The summed E-state index contributed by atoms with van der Waals surface area (Å²) in [5, 5.41) is 0.990. The van der Waals surface area contributed by atoms with Crippen molar-refractivity contribution in [1.29, 1.82) is 0 Å². The van der Waals surface area contributed by atoms with Crippen molar-refractivity contribution >= 4 is 11.0 Å². The van der Waals surface area contributed by atoms with Gasteiger partial charge in [0.25, 0.3) is 0 Å². The minimum Gasteiger partial charge on any atom is -0.422 e. The number of fused-ring (bicyclic) bond motifs is 1. The average Bonchev–Trinajstić information content (AvgIpc) is 2.16. The minimum absolute atomic E-state index is 0.0262. The van der Waals surface area contributed by atoms with Crippen LogP contribution < -0.4 is 5.63 Å². The summed E-state index contributed by atoms with van der Waals surface area (Å²) in [6.07, 6.45) is 0. The largest absolute Gasteiger partial charge is 0.422 e. The van der Waals surface area contributed by atoms with Gasteiger partial charge in [0.05, 0.1) is 0 Å². The molecule has 0 fully saturated rings. The lowest BCUT2D eigenvalue weighted by molar-refractivity contribution is 0.529. The standard InChI is InChI=1S/C14H16O2/c1-9-7-10-5-6-12(15)16-13(10)11(8-9)14(2,3)4/h5-8H,1-4H3. The normalized spacial score (nSPS) is 12.0. The van der Waals surface area contributed by atoms with Crippen LogP contribution in [0.1, 0.15) is 31.9 Å². The molecule has 84 valence electrons. The highest BCUT2D eigenvalue weighted by Gasteiger charge is 2.19. The molecule has 2 heteroatoms. The third-order valence-electron chi connectivity index (χ3n) is 2.67. The van der Waals surface area contributed by atoms with Gasteiger partial charge in [-0.2, -0.15) is 0 Å². The third kappa shape index (κ3) is 1.87. The molecule has 2 nitrogen and oxygen atoms in total. The van der Waals surface area contributed by atoms with Gasteiger partial charge >= 0.3 is 5.63 Å². The molecule has 1 aromatic carbocycles. The molecule has 2 aromatic rings. The zero-order valence-corrected chi connectivity index (χ0v) is 10.1. The number of hydrogen-bond acceptors (Lipinski definition) is 2. The van der Waals surface area contributed by atoms with Crippen LogP contribution in [0.4, 0.5) is 0 Å². The van der Waals surface area contributed by atoms with Crippen molar-refractivity contribution in [2.24, 2.45) is 0 Å². The van der Waals surface area contributed by atoms with Crippen LogP contribution in [-0.2, 0) is 5.41 Å². The Morgan fingerprint density at radius 3 is 2.44 bits per heavy atom. The molecule has 2 rings (SSSR count). The molecule has 16 heavy (non-hydrogen) atoms. The first-order valence-electron chi connectivity index (χ1n) is 5.43. The molecule has 0 radical (unpaired) electrons. The molecule has 0 unspecified atom stereocenters. The Morgan fingerprint density at radius 2 is 1.81 bits per heavy atom. The summed E-state index contributed by atoms with van der Waals surface area (Å²) in [6, 6.07) is 7.41. The van der Waals surface area contributed by atoms with Gasteiger partial charge in [-0.05, 0) is 30.0 Å². The molecule has 0 bridgehead atoms. The van der Waals surface area contributed by atoms with Crippen molar-refractivity contribution < 1.29 is 4.42 Å². The average molecular weight is 216 g/mol. The summed E-state index contributed by atoms with van der Waals surface area (Å²) >= 11 is 0. The van der Waals surface area contributed by atoms with Gasteiger partial charge in [0.15, 0.2) is 0 Å². The van der Waals surface area contributed by atoms with E-state index in [1.807, 2.05) is 12.1 Å². The van der Waals surface area contributed by atoms with Gasteiger partial charge in [-0.15, -0.1) is 0 Å². The first-order valence-corrected chi connectivity index (χ1v) is 5.43. The van der Waals surface area contributed by atoms with Gasteiger partial charge in [-0.1, -0.05) is 26.8 Å². The van der Waals surface area contributed by atoms with Crippen LogP contribution in [0.15, 0.2) is 33.5 Å². The lowest BCUT2D eigenvalue weighted by Gasteiger charge is -2.20. The maximum absolute atomic E-state index is 11.3. The third-order valence-corrected chi connectivity index (χ3v) is 2.67. The Bertz CT molecular complexity index is 586. The summed E-state index contributed by atoms with van der Waals surface area (Å²) in [5.41, 5.74) is 2.67. The Morgan fingerprint density at radius 1 is 1.12 bits per heavy atom. The molecule has 0 amide bonds. The van der Waals surface area contributed by atoms with Gasteiger partial charge in [0.1, 0.15) is 5.58 Å². The molecule has 0 aliphatic heterocycles. The van der Waals surface area contributed by atoms with Crippen LogP contribution in [0.2, 0.25) is 0 Å². The summed E-state index contributed by atoms with van der Waals surface area (Å²) in [7, 11) is 0. The lowest BCUT2D eigenvalue weighted by atomic mass is 9.85. The second kappa shape index (κ2) is 3.48. The monoisotopic (exact) mass is 216 g/mol. The SMILES string of the molecule is Cc1cc(C(C)(C)C)c2oc(=O)ccc2c1. The highest BCUT2D eigenvalue weighted by molar-refractivity contribution is 5.81. The maximum Gasteiger partial charge on any atom is 0.336 e. The molecular weight excluding hydrogens is 200 g/mol. The highest BCUT2D eigenvalue weighted by Crippen LogP contribution is 2.30. The summed E-state index contributed by atoms with van der Waals surface area (Å²) < 4.78 is 5.32. The summed E-state index contributed by atoms with van der Waals surface area (Å²) in [6.45, 7) is 8.41. The molecule has 1 heterocycles. The fourth-order valence-corrected chi connectivity index (χ4v) is 1.89. The van der Waals surface area contributed by atoms with E-state index in [0.29, 0.717) is 5.58 Å². The van der Waals surface area contributed by atoms with Gasteiger partial charge in [-0.3, -0.25) is 0 Å². The summed E-state index contributed by atoms with van der Waals surface area (Å²) in [5.74, 6) is 0. The van der Waals surface area contributed by atoms with E-state index in [1.54, 1.807) is 0 Å². The van der Waals surface area contributed by atoms with Crippen molar-refractivity contribution in [2.75, 3.05) is 0 Å². The highest BCUT2D eigenvalue weighted by atomic mass is 16.4. The second-order valence-electron chi connectivity index (χ2n) is 5.24. The van der Waals surface area contributed by atoms with Crippen LogP contribution >= 0.6 is 0 Å². The van der Waals surface area contributed by atoms with Gasteiger partial charge < -0.3 is 4.42 Å². The van der Waals surface area contributed by atoms with Gasteiger partial charge in [0, 0.05) is 17.0 Å². The van der Waals surface area contributed by atoms with E-state index in [0.717, 1.165) is 10.9 Å². The summed E-state index contributed by atoms with van der Waals surface area (Å²) in [4.78, 5) is 11.3. The van der Waals surface area contributed by atoms with Gasteiger partial charge in [-0.25, -0.2) is 4.79 Å². The minimum atomic E-state index is -0.290. The van der Waals surface area contributed by atoms with E-state index < -0.39 is 0 Å². The topological polar surface area (TPSA) is 30.2 Å². The van der Waals surface area contributed by atoms with Crippen molar-refractivity contribution in [3.05, 3.63) is 45.8 Å². The Balaban J connectivity index is 2.91. The number of rotatable bonds is 0. The van der Waals surface area contributed by atoms with E-state index >= 15 is 0 Å². The Kier molecular flexibility index (Phi) is 2.38. The number of aryl methyl sites for hydroxylation is 1. The van der Waals surface area contributed by atoms with E-state index in [1.165, 1.54) is 11.6 Å². The van der Waals surface area contributed by atoms with Crippen molar-refractivity contribution in [3.63, 3.8) is 0 Å². The molecule has 0 spiro atoms. The fourth-order valence-electron chi connectivity index (χ4n) is 1.89. The molecule has 1 aromatic heterocycles. The second-order valence-corrected chi connectivity index (χ2v) is 5.24. The zero-order valence-electron chi connectivity index (χ0n) is 10.1. The molecule has 0 atom stereocenters. The Hall–Kier alpha value is -1.57. The van der Waals surface area contributed by atoms with Crippen molar-refractivity contribution in [2.45, 2.75) is 33.1 Å². The van der Waals surface area contributed by atoms with Gasteiger partial charge in [0.2, 0.25) is 0 Å². The van der Waals surface area contributed by atoms with Crippen molar-refractivity contribution in [3.8, 4) is 0 Å². The van der Waals surface area contributed by atoms with Crippen LogP contribution in [0.25, 0.3) is 11.0 Å². The van der Waals surface area contributed by atoms with E-state index in [-0.39, 0.29) is 11.0 Å². The maximum atomic E-state index is 11.3. The van der Waals surface area contributed by atoms with Crippen LogP contribution in [0.3, 0.4) is 0 Å².